The van der Waals surface area contributed by atoms with Crippen molar-refractivity contribution in [3.63, 3.8) is 0 Å². The maximum atomic E-state index is 12.6. The predicted octanol–water partition coefficient (Wildman–Crippen LogP) is 6.44. The number of cyclic esters (lactones) is 2. The number of aliphatic hydroxyl groups excluding tert-OH is 3. The number of carboxylic acids is 3. The number of rotatable bonds is 56. The van der Waals surface area contributed by atoms with Gasteiger partial charge in [-0.1, -0.05) is 33.1 Å². The molecule has 0 bridgehead atoms. The van der Waals surface area contributed by atoms with E-state index in [2.05, 4.69) is 4.74 Å². The van der Waals surface area contributed by atoms with Crippen molar-refractivity contribution in [1.82, 2.24) is 0 Å². The highest BCUT2D eigenvalue weighted by molar-refractivity contribution is 5.92. The maximum Gasteiger partial charge on any atom is 0.314 e. The summed E-state index contributed by atoms with van der Waals surface area (Å²) in [7, 11) is 0. The van der Waals surface area contributed by atoms with E-state index < -0.39 is 76.5 Å². The molecule has 0 radical (unpaired) electrons. The minimum absolute atomic E-state index is 0.0298. The van der Waals surface area contributed by atoms with E-state index in [1.54, 1.807) is 6.92 Å². The third-order valence-electron chi connectivity index (χ3n) is 14.1. The fourth-order valence-corrected chi connectivity index (χ4v) is 7.85. The molecule has 1 fully saturated rings. The third kappa shape index (κ3) is 55.1. The summed E-state index contributed by atoms with van der Waals surface area (Å²) in [6.07, 6.45) is 10.8. The van der Waals surface area contributed by atoms with E-state index >= 15 is 0 Å². The zero-order valence-corrected chi connectivity index (χ0v) is 55.0. The Morgan fingerprint density at radius 3 is 0.670 bits per heavy atom. The smallest absolute Gasteiger partial charge is 0.314 e. The van der Waals surface area contributed by atoms with Crippen molar-refractivity contribution >= 4 is 83.6 Å². The van der Waals surface area contributed by atoms with Gasteiger partial charge in [-0.15, -0.1) is 0 Å². The van der Waals surface area contributed by atoms with Crippen LogP contribution < -0.4 is 0 Å². The second-order valence-corrected chi connectivity index (χ2v) is 22.4. The van der Waals surface area contributed by atoms with Gasteiger partial charge in [-0.05, 0) is 109 Å². The van der Waals surface area contributed by atoms with Crippen molar-refractivity contribution in [3.8, 4) is 0 Å². The van der Waals surface area contributed by atoms with Gasteiger partial charge in [0.25, 0.3) is 0 Å². The number of unbranched alkanes of at least 4 members (excludes halogenated alkanes) is 12. The van der Waals surface area contributed by atoms with Crippen LogP contribution in [-0.4, -0.2) is 193 Å². The van der Waals surface area contributed by atoms with Crippen molar-refractivity contribution in [1.29, 1.82) is 0 Å². The van der Waals surface area contributed by atoms with Gasteiger partial charge >= 0.3 is 83.6 Å². The van der Waals surface area contributed by atoms with Gasteiger partial charge in [-0.2, -0.15) is 0 Å². The monoisotopic (exact) mass is 1350 g/mol. The lowest BCUT2D eigenvalue weighted by molar-refractivity contribution is -0.165. The first-order chi connectivity index (χ1) is 44.9. The predicted molar refractivity (Wildman–Crippen MR) is 327 cm³/mol. The van der Waals surface area contributed by atoms with Crippen molar-refractivity contribution in [2.45, 2.75) is 232 Å². The SMILES string of the molecule is CCC(COC(=O)CCCCCO)(COC(=O)CCCCCO)COC(=O)CCCCCO.CCC(COC(=O)CCCCCOC(=O)CCC(=O)O)(COC(=O)CCCCCOC(=O)CCC(=O)O)COC(=O)CCCCCOC(=O)CCC(=O)O.O=C1CCC(=O)O1. The quantitative estimate of drug-likeness (QED) is 0.0165. The minimum Gasteiger partial charge on any atom is -0.481 e. The highest BCUT2D eigenvalue weighted by Gasteiger charge is 2.36. The molecule has 0 amide bonds. The summed E-state index contributed by atoms with van der Waals surface area (Å²) in [5, 5.41) is 52.3. The number of carbonyl (C=O) groups is 14. The fraction of sp³-hybridized carbons (Fsp3) is 0.781. The van der Waals surface area contributed by atoms with Crippen molar-refractivity contribution < 1.29 is 145 Å². The summed E-state index contributed by atoms with van der Waals surface area (Å²) in [4.78, 5) is 160. The highest BCUT2D eigenvalue weighted by atomic mass is 16.6. The lowest BCUT2D eigenvalue weighted by Crippen LogP contribution is -2.39. The third-order valence-corrected chi connectivity index (χ3v) is 14.1. The number of carbonyl (C=O) groups excluding carboxylic acids is 11. The number of aliphatic hydroxyl groups is 3. The summed E-state index contributed by atoms with van der Waals surface area (Å²) < 4.78 is 51.8. The Kier molecular flexibility index (Phi) is 55.0. The van der Waals surface area contributed by atoms with Crippen LogP contribution in [0.25, 0.3) is 0 Å². The van der Waals surface area contributed by atoms with Crippen molar-refractivity contribution in [2.75, 3.05) is 79.3 Å². The standard InChI is InChI=1S/C36H56O18.C24H44O9.C4H4O3/c1-2-36(24-52-30(43)12-6-3-9-21-49-33(46)18-15-27(37)38,25-53-31(44)13-7-4-10-22-50-34(47)19-16-28(39)40)26-54-32(45)14-8-5-11-23-51-35(48)20-17-29(41)42;1-2-24(18-31-21(28)12-6-3-9-15-25,19-32-22(29)13-7-4-10-16-26)20-33-23(30)14-8-5-11-17-27;5-3-1-2-4(6)7-3/h2-26H2,1H3,(H,37,38)(H,39,40)(H,41,42);25-27H,2-20H2,1H3;1-2H2. The average molecular weight is 1350 g/mol. The lowest BCUT2D eigenvalue weighted by Gasteiger charge is -2.31. The largest absolute Gasteiger partial charge is 0.481 e. The van der Waals surface area contributed by atoms with E-state index in [4.69, 9.17) is 73.3 Å². The Balaban J connectivity index is 0. The lowest BCUT2D eigenvalue weighted by atomic mass is 9.88. The molecule has 1 heterocycles. The van der Waals surface area contributed by atoms with Crippen molar-refractivity contribution in [3.05, 3.63) is 0 Å². The molecule has 1 aliphatic heterocycles. The molecular formula is C64H104O30. The molecule has 30 nitrogen and oxygen atoms in total. The second-order valence-electron chi connectivity index (χ2n) is 22.4. The molecule has 0 aromatic rings. The van der Waals surface area contributed by atoms with Crippen LogP contribution in [0.3, 0.4) is 0 Å². The van der Waals surface area contributed by atoms with Crippen LogP contribution in [0.15, 0.2) is 0 Å². The van der Waals surface area contributed by atoms with Gasteiger partial charge in [0.05, 0.1) is 82.0 Å². The van der Waals surface area contributed by atoms with Gasteiger partial charge in [-0.25, -0.2) is 0 Å². The van der Waals surface area contributed by atoms with Gasteiger partial charge in [-0.3, -0.25) is 67.1 Å². The van der Waals surface area contributed by atoms with Gasteiger partial charge < -0.3 is 78.0 Å². The fourth-order valence-electron chi connectivity index (χ4n) is 7.85. The van der Waals surface area contributed by atoms with Gasteiger partial charge in [0.15, 0.2) is 0 Å². The first-order valence-corrected chi connectivity index (χ1v) is 32.5. The molecule has 94 heavy (non-hydrogen) atoms. The van der Waals surface area contributed by atoms with Gasteiger partial charge in [0, 0.05) is 58.3 Å². The van der Waals surface area contributed by atoms with Gasteiger partial charge in [0.1, 0.15) is 39.6 Å². The molecule has 0 saturated carbocycles. The summed E-state index contributed by atoms with van der Waals surface area (Å²) in [5.41, 5.74) is -1.87. The molecule has 0 aromatic heterocycles. The molecule has 0 unspecified atom stereocenters. The molecule has 1 saturated heterocycles. The zero-order chi connectivity index (χ0) is 70.7. The van der Waals surface area contributed by atoms with Crippen LogP contribution >= 0.6 is 0 Å². The van der Waals surface area contributed by atoms with E-state index in [1.165, 1.54) is 0 Å². The Bertz CT molecular complexity index is 2000. The average Bonchev–Trinajstić information content (AvgIpc) is 1.16. The number of esters is 11. The normalized spacial score (nSPS) is 11.7. The van der Waals surface area contributed by atoms with E-state index in [-0.39, 0.29) is 187 Å². The van der Waals surface area contributed by atoms with Crippen LogP contribution in [-0.2, 0) is 114 Å². The Morgan fingerprint density at radius 2 is 0.500 bits per heavy atom. The number of ether oxygens (including phenoxy) is 10. The number of hydrogen-bond donors (Lipinski definition) is 6. The molecule has 0 aromatic carbocycles. The van der Waals surface area contributed by atoms with Gasteiger partial charge in [0.2, 0.25) is 0 Å². The molecule has 30 heteroatoms. The van der Waals surface area contributed by atoms with Crippen LogP contribution in [0.1, 0.15) is 232 Å². The van der Waals surface area contributed by atoms with Crippen LogP contribution in [0, 0.1) is 10.8 Å². The van der Waals surface area contributed by atoms with E-state index in [0.717, 1.165) is 19.3 Å². The molecule has 0 atom stereocenters. The first-order valence-electron chi connectivity index (χ1n) is 32.5. The van der Waals surface area contributed by atoms with E-state index in [0.29, 0.717) is 109 Å². The Hall–Kier alpha value is -7.34. The molecular weight excluding hydrogens is 1250 g/mol. The summed E-state index contributed by atoms with van der Waals surface area (Å²) in [6, 6.07) is 0. The number of aliphatic carboxylic acids is 3. The molecule has 6 N–H and O–H groups in total. The Morgan fingerprint density at radius 1 is 0.298 bits per heavy atom. The second kappa shape index (κ2) is 58.3. The number of carboxylic acid groups (broad SMARTS) is 3. The highest BCUT2D eigenvalue weighted by Crippen LogP contribution is 2.27. The van der Waals surface area contributed by atoms with E-state index in [1.807, 2.05) is 6.92 Å². The van der Waals surface area contributed by atoms with Crippen LogP contribution in [0.4, 0.5) is 0 Å². The molecule has 1 rings (SSSR count). The van der Waals surface area contributed by atoms with Crippen LogP contribution in [0.5, 0.6) is 0 Å². The summed E-state index contributed by atoms with van der Waals surface area (Å²) in [6.45, 7) is 3.46. The minimum atomic E-state index is -1.10. The molecule has 540 valence electrons. The summed E-state index contributed by atoms with van der Waals surface area (Å²) >= 11 is 0. The maximum absolute atomic E-state index is 12.6. The molecule has 0 aliphatic carbocycles. The summed E-state index contributed by atoms with van der Waals surface area (Å²) in [5.74, 6) is -8.66. The van der Waals surface area contributed by atoms with Crippen molar-refractivity contribution in [2.24, 2.45) is 10.8 Å². The molecule has 0 spiro atoms. The van der Waals surface area contributed by atoms with Crippen LogP contribution in [0.2, 0.25) is 0 Å². The topological polar surface area (TPSA) is 453 Å². The first kappa shape index (κ1) is 88.7. The molecule has 1 aliphatic rings. The number of hydrogen-bond acceptors (Lipinski definition) is 27. The van der Waals surface area contributed by atoms with E-state index in [9.17, 15) is 67.1 Å². The Labute approximate surface area is 549 Å². The zero-order valence-electron chi connectivity index (χ0n) is 55.0.